The van der Waals surface area contributed by atoms with Crippen LogP contribution in [0.2, 0.25) is 4.47 Å². The Morgan fingerprint density at radius 2 is 2.21 bits per heavy atom. The molecule has 2 rings (SSSR count). The third-order valence-electron chi connectivity index (χ3n) is 3.90. The first-order valence-corrected chi connectivity index (χ1v) is 7.93. The highest BCUT2D eigenvalue weighted by Crippen LogP contribution is 2.35. The first-order valence-electron chi connectivity index (χ1n) is 6.74. The lowest BCUT2D eigenvalue weighted by molar-refractivity contribution is -0.131. The summed E-state index contributed by atoms with van der Waals surface area (Å²) in [4.78, 5) is 19.2. The minimum atomic E-state index is 0.260. The first kappa shape index (κ1) is 14.8. The predicted molar refractivity (Wildman–Crippen MR) is 79.3 cm³/mol. The van der Waals surface area contributed by atoms with Crippen LogP contribution < -0.4 is 0 Å². The molecule has 1 aromatic heterocycles. The summed E-state index contributed by atoms with van der Waals surface area (Å²) in [5.74, 6) is 0.878. The summed E-state index contributed by atoms with van der Waals surface area (Å²) >= 11 is 7.29. The zero-order valence-corrected chi connectivity index (χ0v) is 13.4. The predicted octanol–water partition coefficient (Wildman–Crippen LogP) is 3.97. The largest absolute Gasteiger partial charge is 0.337 e. The Bertz CT molecular complexity index is 453. The zero-order chi connectivity index (χ0) is 14.0. The molecule has 0 N–H and O–H groups in total. The normalized spacial score (nSPS) is 21.6. The lowest BCUT2D eigenvalue weighted by atomic mass is 9.77. The number of aromatic nitrogens is 1. The number of amides is 1. The maximum atomic E-state index is 12.2. The van der Waals surface area contributed by atoms with E-state index in [2.05, 4.69) is 25.8 Å². The molecule has 1 aliphatic heterocycles. The number of nitrogens with zero attached hydrogens (tertiary/aromatic N) is 2. The molecule has 1 amide bonds. The fraction of sp³-hybridized carbons (Fsp3) is 0.714. The Kier molecular flexibility index (Phi) is 4.51. The van der Waals surface area contributed by atoms with Crippen molar-refractivity contribution in [1.82, 2.24) is 9.88 Å². The summed E-state index contributed by atoms with van der Waals surface area (Å²) in [6.07, 6.45) is 4.52. The van der Waals surface area contributed by atoms with Crippen LogP contribution in [0.5, 0.6) is 0 Å². The molecule has 0 radical (unpaired) electrons. The topological polar surface area (TPSA) is 33.2 Å². The fourth-order valence-electron chi connectivity index (χ4n) is 2.61. The molecule has 3 nitrogen and oxygen atoms in total. The van der Waals surface area contributed by atoms with E-state index < -0.39 is 0 Å². The van der Waals surface area contributed by atoms with Crippen molar-refractivity contribution in [2.24, 2.45) is 11.3 Å². The van der Waals surface area contributed by atoms with Gasteiger partial charge in [-0.2, -0.15) is 0 Å². The summed E-state index contributed by atoms with van der Waals surface area (Å²) in [5, 5.41) is 0. The van der Waals surface area contributed by atoms with Crippen LogP contribution in [0, 0.1) is 11.3 Å². The fourth-order valence-corrected chi connectivity index (χ4v) is 3.61. The second-order valence-corrected chi connectivity index (χ2v) is 7.98. The van der Waals surface area contributed by atoms with Crippen molar-refractivity contribution < 1.29 is 4.79 Å². The number of thiazole rings is 1. The monoisotopic (exact) mass is 300 g/mol. The third-order valence-corrected chi connectivity index (χ3v) is 5.00. The van der Waals surface area contributed by atoms with E-state index >= 15 is 0 Å². The quantitative estimate of drug-likeness (QED) is 0.828. The van der Waals surface area contributed by atoms with Crippen LogP contribution in [-0.4, -0.2) is 22.3 Å². The molecule has 1 unspecified atom stereocenters. The van der Waals surface area contributed by atoms with E-state index in [0.717, 1.165) is 24.3 Å². The van der Waals surface area contributed by atoms with Gasteiger partial charge in [0.15, 0.2) is 4.47 Å². The van der Waals surface area contributed by atoms with Crippen LogP contribution in [0.15, 0.2) is 6.20 Å². The van der Waals surface area contributed by atoms with Crippen molar-refractivity contribution in [3.05, 3.63) is 15.5 Å². The van der Waals surface area contributed by atoms with E-state index in [1.165, 1.54) is 11.3 Å². The smallest absolute Gasteiger partial charge is 0.222 e. The van der Waals surface area contributed by atoms with Gasteiger partial charge in [-0.3, -0.25) is 4.79 Å². The van der Waals surface area contributed by atoms with Gasteiger partial charge in [-0.15, -0.1) is 11.3 Å². The summed E-state index contributed by atoms with van der Waals surface area (Å²) in [5.41, 5.74) is 0.282. The molecule has 106 valence electrons. The summed E-state index contributed by atoms with van der Waals surface area (Å²) in [6.45, 7) is 8.29. The van der Waals surface area contributed by atoms with Gasteiger partial charge < -0.3 is 4.90 Å². The van der Waals surface area contributed by atoms with Crippen molar-refractivity contribution in [2.45, 2.75) is 46.6 Å². The third kappa shape index (κ3) is 3.93. The van der Waals surface area contributed by atoms with Crippen LogP contribution in [0.3, 0.4) is 0 Å². The second kappa shape index (κ2) is 5.80. The molecule has 0 aromatic carbocycles. The minimum absolute atomic E-state index is 0.260. The molecular formula is C14H21ClN2OS. The van der Waals surface area contributed by atoms with Crippen molar-refractivity contribution in [1.29, 1.82) is 0 Å². The highest BCUT2D eigenvalue weighted by atomic mass is 35.5. The average Bonchev–Trinajstić information content (AvgIpc) is 2.61. The van der Waals surface area contributed by atoms with Crippen LogP contribution in [0.1, 0.15) is 44.9 Å². The average molecular weight is 301 g/mol. The van der Waals surface area contributed by atoms with Crippen molar-refractivity contribution in [2.75, 3.05) is 6.54 Å². The molecule has 2 heterocycles. The lowest BCUT2D eigenvalue weighted by Crippen LogP contribution is -2.29. The Balaban J connectivity index is 2.00. The maximum absolute atomic E-state index is 12.2. The van der Waals surface area contributed by atoms with Crippen molar-refractivity contribution in [3.8, 4) is 0 Å². The van der Waals surface area contributed by atoms with Crippen LogP contribution in [0.25, 0.3) is 0 Å². The van der Waals surface area contributed by atoms with Gasteiger partial charge in [-0.1, -0.05) is 32.4 Å². The second-order valence-electron chi connectivity index (χ2n) is 6.29. The molecule has 1 atom stereocenters. The highest BCUT2D eigenvalue weighted by Gasteiger charge is 2.30. The maximum Gasteiger partial charge on any atom is 0.222 e. The molecule has 0 saturated carbocycles. The molecule has 1 aromatic rings. The van der Waals surface area contributed by atoms with Crippen LogP contribution in [0.4, 0.5) is 0 Å². The molecule has 1 fully saturated rings. The summed E-state index contributed by atoms with van der Waals surface area (Å²) in [7, 11) is 0. The number of carbonyl (C=O) groups is 1. The number of carbonyl (C=O) groups excluding carboxylic acids is 1. The molecule has 0 spiro atoms. The summed E-state index contributed by atoms with van der Waals surface area (Å²) < 4.78 is 0.546. The molecule has 1 aliphatic rings. The van der Waals surface area contributed by atoms with Crippen LogP contribution in [-0.2, 0) is 11.3 Å². The van der Waals surface area contributed by atoms with E-state index in [0.29, 0.717) is 23.4 Å². The van der Waals surface area contributed by atoms with Gasteiger partial charge >= 0.3 is 0 Å². The molecule has 5 heteroatoms. The van der Waals surface area contributed by atoms with E-state index in [9.17, 15) is 4.79 Å². The Hall–Kier alpha value is -0.610. The van der Waals surface area contributed by atoms with Crippen molar-refractivity contribution >= 4 is 28.8 Å². The van der Waals surface area contributed by atoms with Gasteiger partial charge in [0.1, 0.15) is 0 Å². The molecule has 19 heavy (non-hydrogen) atoms. The van der Waals surface area contributed by atoms with E-state index in [-0.39, 0.29) is 11.3 Å². The number of hydrogen-bond donors (Lipinski definition) is 0. The number of likely N-dealkylation sites (tertiary alicyclic amines) is 1. The number of halogens is 1. The van der Waals surface area contributed by atoms with E-state index in [1.54, 1.807) is 6.20 Å². The molecule has 0 bridgehead atoms. The van der Waals surface area contributed by atoms with Crippen molar-refractivity contribution in [3.63, 3.8) is 0 Å². The van der Waals surface area contributed by atoms with Crippen LogP contribution >= 0.6 is 22.9 Å². The van der Waals surface area contributed by atoms with Gasteiger partial charge in [0.25, 0.3) is 0 Å². The SMILES string of the molecule is CC(C)(C)C1CCC(=O)N(Cc2cnc(Cl)s2)CC1. The molecule has 0 aliphatic carbocycles. The Morgan fingerprint density at radius 3 is 2.79 bits per heavy atom. The molecular weight excluding hydrogens is 280 g/mol. The van der Waals surface area contributed by atoms with Gasteiger partial charge in [0.05, 0.1) is 6.54 Å². The van der Waals surface area contributed by atoms with E-state index in [1.807, 2.05) is 4.90 Å². The van der Waals surface area contributed by atoms with Gasteiger partial charge in [-0.25, -0.2) is 4.98 Å². The number of hydrogen-bond acceptors (Lipinski definition) is 3. The first-order chi connectivity index (χ1) is 8.86. The standard InChI is InChI=1S/C14H21ClN2OS/c1-14(2,3)10-4-5-12(18)17(7-6-10)9-11-8-16-13(15)19-11/h8,10H,4-7,9H2,1-3H3. The van der Waals surface area contributed by atoms with E-state index in [4.69, 9.17) is 11.6 Å². The zero-order valence-electron chi connectivity index (χ0n) is 11.8. The Labute approximate surface area is 124 Å². The Morgan fingerprint density at radius 1 is 1.47 bits per heavy atom. The number of rotatable bonds is 2. The lowest BCUT2D eigenvalue weighted by Gasteiger charge is -2.29. The van der Waals surface area contributed by atoms with Gasteiger partial charge in [0, 0.05) is 24.0 Å². The molecule has 1 saturated heterocycles. The van der Waals surface area contributed by atoms with Gasteiger partial charge in [-0.05, 0) is 24.2 Å². The van der Waals surface area contributed by atoms with Gasteiger partial charge in [0.2, 0.25) is 5.91 Å². The minimum Gasteiger partial charge on any atom is -0.337 e. The highest BCUT2D eigenvalue weighted by molar-refractivity contribution is 7.15. The summed E-state index contributed by atoms with van der Waals surface area (Å²) in [6, 6.07) is 0.